The van der Waals surface area contributed by atoms with Crippen molar-refractivity contribution >= 4 is 21.4 Å². The van der Waals surface area contributed by atoms with Crippen molar-refractivity contribution in [1.82, 2.24) is 14.7 Å². The molecule has 150 valence electrons. The normalized spacial score (nSPS) is 20.6. The molecule has 27 heavy (non-hydrogen) atoms. The lowest BCUT2D eigenvalue weighted by molar-refractivity contribution is -0.131. The highest BCUT2D eigenvalue weighted by Gasteiger charge is 2.28. The van der Waals surface area contributed by atoms with E-state index in [1.54, 1.807) is 24.3 Å². The average molecular weight is 395 g/mol. The van der Waals surface area contributed by atoms with Gasteiger partial charge in [-0.15, -0.1) is 0 Å². The fraction of sp³-hybridized carbons (Fsp3) is 0.632. The number of hydrogen-bond donors (Lipinski definition) is 1. The van der Waals surface area contributed by atoms with Crippen LogP contribution in [0.1, 0.15) is 12.8 Å². The Morgan fingerprint density at radius 3 is 2.33 bits per heavy atom. The number of sulfone groups is 1. The fourth-order valence-corrected chi connectivity index (χ4v) is 4.78. The van der Waals surface area contributed by atoms with Gasteiger partial charge in [-0.1, -0.05) is 12.1 Å². The second-order valence-electron chi connectivity index (χ2n) is 7.57. The Kier molecular flexibility index (Phi) is 6.39. The van der Waals surface area contributed by atoms with E-state index in [1.807, 2.05) is 4.90 Å². The van der Waals surface area contributed by atoms with Crippen LogP contribution >= 0.6 is 0 Å². The zero-order chi connectivity index (χ0) is 19.4. The zero-order valence-electron chi connectivity index (χ0n) is 16.2. The maximum absolute atomic E-state index is 12.5. The van der Waals surface area contributed by atoms with Crippen LogP contribution in [0.3, 0.4) is 0 Å². The summed E-state index contributed by atoms with van der Waals surface area (Å²) in [7, 11) is -1.16. The SMILES string of the molecule is CN1CCC(N2CCN(C(=O)CNc3ccccc3S(C)(=O)=O)CC2)CC1. The molecular weight excluding hydrogens is 364 g/mol. The van der Waals surface area contributed by atoms with Crippen LogP contribution in [0.2, 0.25) is 0 Å². The molecule has 2 saturated heterocycles. The highest BCUT2D eigenvalue weighted by Crippen LogP contribution is 2.21. The van der Waals surface area contributed by atoms with Crippen molar-refractivity contribution in [2.24, 2.45) is 0 Å². The molecule has 2 aliphatic heterocycles. The van der Waals surface area contributed by atoms with Gasteiger partial charge in [0.1, 0.15) is 0 Å². The van der Waals surface area contributed by atoms with Crippen molar-refractivity contribution in [1.29, 1.82) is 0 Å². The lowest BCUT2D eigenvalue weighted by Gasteiger charge is -2.42. The third kappa shape index (κ3) is 5.21. The van der Waals surface area contributed by atoms with E-state index in [2.05, 4.69) is 22.2 Å². The van der Waals surface area contributed by atoms with Crippen molar-refractivity contribution < 1.29 is 13.2 Å². The summed E-state index contributed by atoms with van der Waals surface area (Å²) in [6.45, 7) is 5.71. The van der Waals surface area contributed by atoms with Gasteiger partial charge >= 0.3 is 0 Å². The van der Waals surface area contributed by atoms with E-state index >= 15 is 0 Å². The summed E-state index contributed by atoms with van der Waals surface area (Å²) in [5.74, 6) is 0.0151. The van der Waals surface area contributed by atoms with Crippen molar-refractivity contribution in [2.75, 3.05) is 64.4 Å². The van der Waals surface area contributed by atoms with Crippen LogP contribution in [0.4, 0.5) is 5.69 Å². The first-order chi connectivity index (χ1) is 12.8. The molecule has 3 rings (SSSR count). The van der Waals surface area contributed by atoms with Gasteiger partial charge in [-0.05, 0) is 45.1 Å². The van der Waals surface area contributed by atoms with Crippen LogP contribution in [0.25, 0.3) is 0 Å². The lowest BCUT2D eigenvalue weighted by atomic mass is 10.0. The highest BCUT2D eigenvalue weighted by molar-refractivity contribution is 7.90. The number of carbonyl (C=O) groups excluding carboxylic acids is 1. The number of nitrogens with one attached hydrogen (secondary N) is 1. The molecule has 8 heteroatoms. The Morgan fingerprint density at radius 1 is 1.07 bits per heavy atom. The van der Waals surface area contributed by atoms with E-state index in [-0.39, 0.29) is 17.3 Å². The van der Waals surface area contributed by atoms with Gasteiger partial charge in [0.15, 0.2) is 9.84 Å². The zero-order valence-corrected chi connectivity index (χ0v) is 17.0. The number of para-hydroxylation sites is 1. The van der Waals surface area contributed by atoms with Crippen LogP contribution in [0.5, 0.6) is 0 Å². The third-order valence-electron chi connectivity index (χ3n) is 5.59. The predicted molar refractivity (Wildman–Crippen MR) is 107 cm³/mol. The van der Waals surface area contributed by atoms with Crippen molar-refractivity contribution in [3.63, 3.8) is 0 Å². The molecule has 1 aromatic carbocycles. The molecule has 0 radical (unpaired) electrons. The molecule has 1 amide bonds. The maximum atomic E-state index is 12.5. The summed E-state index contributed by atoms with van der Waals surface area (Å²) in [4.78, 5) is 19.5. The molecule has 1 aromatic rings. The minimum Gasteiger partial charge on any atom is -0.375 e. The van der Waals surface area contributed by atoms with Gasteiger partial charge in [0.2, 0.25) is 5.91 Å². The molecule has 0 bridgehead atoms. The van der Waals surface area contributed by atoms with Gasteiger partial charge < -0.3 is 15.1 Å². The molecular formula is C19H30N4O3S. The Hall–Kier alpha value is -1.64. The van der Waals surface area contributed by atoms with Crippen molar-refractivity contribution in [3.05, 3.63) is 24.3 Å². The molecule has 0 spiro atoms. The predicted octanol–water partition coefficient (Wildman–Crippen LogP) is 0.740. The largest absolute Gasteiger partial charge is 0.375 e. The number of anilines is 1. The Bertz CT molecular complexity index is 752. The summed E-state index contributed by atoms with van der Waals surface area (Å²) in [5, 5.41) is 3.01. The number of benzene rings is 1. The molecule has 1 N–H and O–H groups in total. The molecule has 2 fully saturated rings. The number of nitrogens with zero attached hydrogens (tertiary/aromatic N) is 3. The Labute approximate surface area is 162 Å². The first-order valence-electron chi connectivity index (χ1n) is 9.58. The smallest absolute Gasteiger partial charge is 0.241 e. The number of likely N-dealkylation sites (tertiary alicyclic amines) is 1. The standard InChI is InChI=1S/C19H30N4O3S/c1-21-9-7-16(8-10-21)22-11-13-23(14-12-22)19(24)15-20-17-5-3-4-6-18(17)27(2,25)26/h3-6,16,20H,7-15H2,1-2H3. The van der Waals surface area contributed by atoms with Crippen molar-refractivity contribution in [3.8, 4) is 0 Å². The number of piperidine rings is 1. The van der Waals surface area contributed by atoms with E-state index in [9.17, 15) is 13.2 Å². The molecule has 7 nitrogen and oxygen atoms in total. The van der Waals surface area contributed by atoms with Crippen LogP contribution in [0.15, 0.2) is 29.2 Å². The Morgan fingerprint density at radius 2 is 1.70 bits per heavy atom. The van der Waals surface area contributed by atoms with Crippen LogP contribution in [-0.4, -0.2) is 94.2 Å². The first kappa shape index (κ1) is 20.1. The van der Waals surface area contributed by atoms with Crippen LogP contribution < -0.4 is 5.32 Å². The molecule has 2 aliphatic rings. The maximum Gasteiger partial charge on any atom is 0.241 e. The summed E-state index contributed by atoms with van der Waals surface area (Å²) < 4.78 is 23.7. The number of piperazine rings is 1. The van der Waals surface area contributed by atoms with Gasteiger partial charge in [0.05, 0.1) is 17.1 Å². The molecule has 0 aliphatic carbocycles. The second kappa shape index (κ2) is 8.58. The first-order valence-corrected chi connectivity index (χ1v) is 11.5. The van der Waals surface area contributed by atoms with Crippen LogP contribution in [-0.2, 0) is 14.6 Å². The summed E-state index contributed by atoms with van der Waals surface area (Å²) in [6, 6.07) is 7.34. The summed E-state index contributed by atoms with van der Waals surface area (Å²) in [5.41, 5.74) is 0.485. The molecule has 0 aromatic heterocycles. The van der Waals surface area contributed by atoms with Gasteiger partial charge in [-0.2, -0.15) is 0 Å². The van der Waals surface area contributed by atoms with Gasteiger partial charge in [-0.25, -0.2) is 8.42 Å². The third-order valence-corrected chi connectivity index (χ3v) is 6.74. The van der Waals surface area contributed by atoms with Gasteiger partial charge in [-0.3, -0.25) is 9.69 Å². The summed E-state index contributed by atoms with van der Waals surface area (Å²) >= 11 is 0. The van der Waals surface area contributed by atoms with E-state index in [4.69, 9.17) is 0 Å². The second-order valence-corrected chi connectivity index (χ2v) is 9.56. The quantitative estimate of drug-likeness (QED) is 0.794. The molecule has 0 unspecified atom stereocenters. The van der Waals surface area contributed by atoms with E-state index in [1.165, 1.54) is 19.1 Å². The highest BCUT2D eigenvalue weighted by atomic mass is 32.2. The summed E-state index contributed by atoms with van der Waals surface area (Å²) in [6.07, 6.45) is 3.58. The minimum atomic E-state index is -3.33. The van der Waals surface area contributed by atoms with E-state index in [0.29, 0.717) is 11.7 Å². The number of rotatable bonds is 5. The fourth-order valence-electron chi connectivity index (χ4n) is 3.92. The van der Waals surface area contributed by atoms with Gasteiger partial charge in [0.25, 0.3) is 0 Å². The van der Waals surface area contributed by atoms with E-state index < -0.39 is 9.84 Å². The minimum absolute atomic E-state index is 0.0151. The monoisotopic (exact) mass is 394 g/mol. The molecule has 0 atom stereocenters. The van der Waals surface area contributed by atoms with Gasteiger partial charge in [0, 0.05) is 38.5 Å². The Balaban J connectivity index is 1.49. The van der Waals surface area contributed by atoms with Crippen molar-refractivity contribution in [2.45, 2.75) is 23.8 Å². The number of carbonyl (C=O) groups is 1. The molecule has 0 saturated carbocycles. The lowest BCUT2D eigenvalue weighted by Crippen LogP contribution is -2.54. The van der Waals surface area contributed by atoms with E-state index in [0.717, 1.165) is 39.3 Å². The topological polar surface area (TPSA) is 73.0 Å². The number of amides is 1. The average Bonchev–Trinajstić information content (AvgIpc) is 2.66. The van der Waals surface area contributed by atoms with Crippen LogP contribution in [0, 0.1) is 0 Å². The molecule has 2 heterocycles. The number of hydrogen-bond acceptors (Lipinski definition) is 6.